The van der Waals surface area contributed by atoms with Crippen LogP contribution in [0.15, 0.2) is 0 Å². The van der Waals surface area contributed by atoms with Crippen LogP contribution in [0.2, 0.25) is 0 Å². The van der Waals surface area contributed by atoms with E-state index >= 15 is 0 Å². The van der Waals surface area contributed by atoms with Gasteiger partial charge in [0.1, 0.15) is 0 Å². The van der Waals surface area contributed by atoms with Crippen LogP contribution in [0, 0.1) is 0 Å². The molecule has 0 N–H and O–H groups in total. The summed E-state index contributed by atoms with van der Waals surface area (Å²) in [6.07, 6.45) is 0. The van der Waals surface area contributed by atoms with Crippen molar-refractivity contribution in [3.63, 3.8) is 0 Å². The Kier molecular flexibility index (Phi) is 7.61. The van der Waals surface area contributed by atoms with Gasteiger partial charge in [0, 0.05) is 0 Å². The molecule has 0 saturated heterocycles. The molecule has 0 aromatic carbocycles. The Morgan fingerprint density at radius 2 is 1.33 bits per heavy atom. The van der Waals surface area contributed by atoms with Gasteiger partial charge in [-0.25, -0.2) is 0 Å². The first-order valence-electron chi connectivity index (χ1n) is 4.71. The molecule has 0 aliphatic rings. The Bertz CT molecular complexity index is 107. The Morgan fingerprint density at radius 1 is 0.917 bits per heavy atom. The molecule has 0 aromatic heterocycles. The van der Waals surface area contributed by atoms with Crippen molar-refractivity contribution >= 4 is 7.28 Å². The normalized spacial score (nSPS) is 11.8. The van der Waals surface area contributed by atoms with Gasteiger partial charge in [0.05, 0.1) is 0 Å². The van der Waals surface area contributed by atoms with Crippen LogP contribution >= 0.6 is 7.28 Å². The van der Waals surface area contributed by atoms with E-state index in [4.69, 9.17) is 0 Å². The first-order valence-corrected chi connectivity index (χ1v) is 10.4. The summed E-state index contributed by atoms with van der Waals surface area (Å²) in [6.45, 7) is 13.9. The summed E-state index contributed by atoms with van der Waals surface area (Å²) >= 11 is -0.519. The standard InChI is InChI=1S/C6H14N.C3H8S.Y/c1-5(2)7-6(3)4;1-3(2)4;/h5-6H,1-4H3;3-4H,1-2H3;/q-1;;+2/p-1. The summed E-state index contributed by atoms with van der Waals surface area (Å²) in [4.78, 5) is 0. The topological polar surface area (TPSA) is 3.24 Å². The van der Waals surface area contributed by atoms with Crippen molar-refractivity contribution in [1.29, 1.82) is 0 Å². The summed E-state index contributed by atoms with van der Waals surface area (Å²) in [7, 11) is 2.21. The first kappa shape index (κ1) is 13.4. The minimum absolute atomic E-state index is 0.519. The molecule has 0 aromatic rings. The maximum atomic E-state index is 2.71. The Labute approximate surface area is 95.3 Å². The molecular formula is C9H21NSY. The second-order valence-corrected chi connectivity index (χ2v) is 10.4. The molecule has 0 heterocycles. The van der Waals surface area contributed by atoms with Crippen molar-refractivity contribution in [3.8, 4) is 0 Å². The molecule has 0 radical (unpaired) electrons. The summed E-state index contributed by atoms with van der Waals surface area (Å²) in [5.41, 5.74) is 0. The van der Waals surface area contributed by atoms with E-state index in [1.54, 1.807) is 0 Å². The van der Waals surface area contributed by atoms with Crippen LogP contribution in [0.5, 0.6) is 0 Å². The molecule has 0 bridgehead atoms. The van der Waals surface area contributed by atoms with Crippen LogP contribution < -0.4 is 0 Å². The van der Waals surface area contributed by atoms with Crippen LogP contribution in [0.4, 0.5) is 0 Å². The molecule has 0 spiro atoms. The van der Waals surface area contributed by atoms with Crippen molar-refractivity contribution in [1.82, 2.24) is 2.03 Å². The quantitative estimate of drug-likeness (QED) is 0.750. The van der Waals surface area contributed by atoms with Gasteiger partial charge in [0.2, 0.25) is 0 Å². The van der Waals surface area contributed by atoms with Crippen molar-refractivity contribution in [3.05, 3.63) is 0 Å². The predicted octanol–water partition coefficient (Wildman–Crippen LogP) is 3.16. The molecule has 0 fully saturated rings. The first-order chi connectivity index (χ1) is 5.45. The van der Waals surface area contributed by atoms with E-state index in [9.17, 15) is 0 Å². The maximum absolute atomic E-state index is 2.71. The monoisotopic (exact) mass is 264 g/mol. The fourth-order valence-electron chi connectivity index (χ4n) is 1.03. The zero-order valence-electron chi connectivity index (χ0n) is 9.16. The van der Waals surface area contributed by atoms with Crippen LogP contribution in [-0.2, 0) is 27.9 Å². The van der Waals surface area contributed by atoms with E-state index < -0.39 is 27.9 Å². The summed E-state index contributed by atoms with van der Waals surface area (Å²) in [6, 6.07) is 1.50. The van der Waals surface area contributed by atoms with E-state index in [0.29, 0.717) is 0 Å². The molecule has 0 unspecified atom stereocenters. The van der Waals surface area contributed by atoms with E-state index in [2.05, 4.69) is 50.9 Å². The average molecular weight is 264 g/mol. The van der Waals surface area contributed by atoms with Gasteiger partial charge in [-0.2, -0.15) is 0 Å². The Balaban J connectivity index is 3.80. The van der Waals surface area contributed by atoms with E-state index in [1.165, 1.54) is 0 Å². The number of hydrogen-bond acceptors (Lipinski definition) is 2. The molecule has 0 amide bonds. The van der Waals surface area contributed by atoms with Gasteiger partial charge in [0.15, 0.2) is 0 Å². The molecule has 3 heteroatoms. The van der Waals surface area contributed by atoms with E-state index in [1.807, 2.05) is 0 Å². The zero-order valence-corrected chi connectivity index (χ0v) is 12.8. The molecule has 1 nitrogen and oxygen atoms in total. The van der Waals surface area contributed by atoms with Crippen LogP contribution in [0.1, 0.15) is 41.5 Å². The Morgan fingerprint density at radius 3 is 1.58 bits per heavy atom. The summed E-state index contributed by atoms with van der Waals surface area (Å²) in [5.74, 6) is 0. The minimum atomic E-state index is -0.519. The van der Waals surface area contributed by atoms with Crippen molar-refractivity contribution in [2.24, 2.45) is 0 Å². The van der Waals surface area contributed by atoms with Gasteiger partial charge < -0.3 is 0 Å². The van der Waals surface area contributed by atoms with Gasteiger partial charge in [-0.05, 0) is 0 Å². The second-order valence-electron chi connectivity index (χ2n) is 3.92. The molecule has 12 heavy (non-hydrogen) atoms. The molecule has 0 rings (SSSR count). The molecule has 0 saturated carbocycles. The molecule has 71 valence electrons. The third-order valence-corrected chi connectivity index (χ3v) is 12.2. The fourth-order valence-corrected chi connectivity index (χ4v) is 8.32. The molecular weight excluding hydrogens is 243 g/mol. The predicted molar refractivity (Wildman–Crippen MR) is 54.8 cm³/mol. The van der Waals surface area contributed by atoms with Gasteiger partial charge in [-0.1, -0.05) is 0 Å². The van der Waals surface area contributed by atoms with Crippen molar-refractivity contribution < 1.29 is 27.9 Å². The van der Waals surface area contributed by atoms with Gasteiger partial charge in [-0.3, -0.25) is 0 Å². The van der Waals surface area contributed by atoms with Crippen LogP contribution in [-0.4, -0.2) is 19.4 Å². The summed E-state index contributed by atoms with van der Waals surface area (Å²) in [5, 5.41) is 0.825. The SMILES string of the molecule is CC(C)[S][Y][N](C(C)C)C(C)C. The van der Waals surface area contributed by atoms with E-state index in [0.717, 1.165) is 17.3 Å². The second kappa shape index (κ2) is 6.81. The molecule has 0 aliphatic carbocycles. The number of nitrogens with zero attached hydrogens (tertiary/aromatic N) is 1. The van der Waals surface area contributed by atoms with Crippen molar-refractivity contribution in [2.75, 3.05) is 0 Å². The van der Waals surface area contributed by atoms with Gasteiger partial charge in [-0.15, -0.1) is 0 Å². The van der Waals surface area contributed by atoms with E-state index in [-0.39, 0.29) is 0 Å². The van der Waals surface area contributed by atoms with Gasteiger partial charge >= 0.3 is 96.0 Å². The van der Waals surface area contributed by atoms with Crippen LogP contribution in [0.25, 0.3) is 0 Å². The third kappa shape index (κ3) is 5.96. The number of rotatable bonds is 5. The number of hydrogen-bond donors (Lipinski definition) is 0. The molecule has 0 atom stereocenters. The molecule has 0 aliphatic heterocycles. The van der Waals surface area contributed by atoms with Crippen LogP contribution in [0.3, 0.4) is 0 Å². The Hall–Kier alpha value is 1.41. The average Bonchev–Trinajstić information content (AvgIpc) is 1.84. The third-order valence-electron chi connectivity index (χ3n) is 1.65. The summed E-state index contributed by atoms with van der Waals surface area (Å²) < 4.78 is 2.71. The van der Waals surface area contributed by atoms with Crippen molar-refractivity contribution in [2.45, 2.75) is 58.9 Å². The zero-order chi connectivity index (χ0) is 9.72. The van der Waals surface area contributed by atoms with Gasteiger partial charge in [0.25, 0.3) is 0 Å². The fraction of sp³-hybridized carbons (Fsp3) is 1.00.